The minimum absolute atomic E-state index is 0.130. The van der Waals surface area contributed by atoms with Crippen LogP contribution in [0.3, 0.4) is 0 Å². The van der Waals surface area contributed by atoms with Gasteiger partial charge in [-0.2, -0.15) is 0 Å². The Bertz CT molecular complexity index is 535. The number of hydrogen-bond donors (Lipinski definition) is 1. The van der Waals surface area contributed by atoms with Gasteiger partial charge in [0, 0.05) is 17.9 Å². The highest BCUT2D eigenvalue weighted by molar-refractivity contribution is 5.79. The van der Waals surface area contributed by atoms with Crippen LogP contribution in [0.5, 0.6) is 11.5 Å². The molecule has 1 fully saturated rings. The third-order valence-corrected chi connectivity index (χ3v) is 4.50. The van der Waals surface area contributed by atoms with Crippen LogP contribution in [0.25, 0.3) is 0 Å². The number of carbonyl (C=O) groups is 1. The number of amides is 1. The summed E-state index contributed by atoms with van der Waals surface area (Å²) >= 11 is 0. The minimum Gasteiger partial charge on any atom is -0.486 e. The monoisotopic (exact) mass is 289 g/mol. The Balaban J connectivity index is 1.67. The fourth-order valence-corrected chi connectivity index (χ4v) is 2.69. The second kappa shape index (κ2) is 5.58. The molecule has 0 bridgehead atoms. The zero-order valence-corrected chi connectivity index (χ0v) is 12.8. The predicted octanol–water partition coefficient (Wildman–Crippen LogP) is 2.65. The molecule has 3 rings (SSSR count). The summed E-state index contributed by atoms with van der Waals surface area (Å²) < 4.78 is 11.2. The SMILES string of the molecule is CC(C)(CNC(=O)C1CCC1)c1ccc2c(c1)OCCO2. The molecule has 1 amide bonds. The molecule has 0 spiro atoms. The van der Waals surface area contributed by atoms with Gasteiger partial charge in [-0.1, -0.05) is 26.3 Å². The zero-order valence-electron chi connectivity index (χ0n) is 12.8. The molecule has 1 saturated carbocycles. The Morgan fingerprint density at radius 3 is 2.62 bits per heavy atom. The lowest BCUT2D eigenvalue weighted by Gasteiger charge is -2.30. The molecule has 0 saturated heterocycles. The van der Waals surface area contributed by atoms with Gasteiger partial charge in [-0.05, 0) is 30.5 Å². The summed E-state index contributed by atoms with van der Waals surface area (Å²) in [7, 11) is 0. The second-order valence-electron chi connectivity index (χ2n) is 6.59. The lowest BCUT2D eigenvalue weighted by Crippen LogP contribution is -2.41. The van der Waals surface area contributed by atoms with Gasteiger partial charge in [0.25, 0.3) is 0 Å². The number of hydrogen-bond acceptors (Lipinski definition) is 3. The van der Waals surface area contributed by atoms with Crippen molar-refractivity contribution in [3.63, 3.8) is 0 Å². The molecule has 1 aromatic carbocycles. The lowest BCUT2D eigenvalue weighted by atomic mass is 9.82. The molecule has 2 aliphatic rings. The first-order chi connectivity index (χ1) is 10.1. The van der Waals surface area contributed by atoms with E-state index in [2.05, 4.69) is 25.2 Å². The van der Waals surface area contributed by atoms with Gasteiger partial charge in [0.15, 0.2) is 11.5 Å². The van der Waals surface area contributed by atoms with E-state index >= 15 is 0 Å². The number of nitrogens with one attached hydrogen (secondary N) is 1. The minimum atomic E-state index is -0.130. The summed E-state index contributed by atoms with van der Waals surface area (Å²) in [6.45, 7) is 6.11. The highest BCUT2D eigenvalue weighted by Crippen LogP contribution is 2.35. The van der Waals surface area contributed by atoms with Crippen molar-refractivity contribution in [2.45, 2.75) is 38.5 Å². The van der Waals surface area contributed by atoms with Gasteiger partial charge < -0.3 is 14.8 Å². The molecule has 4 nitrogen and oxygen atoms in total. The Labute approximate surface area is 125 Å². The zero-order chi connectivity index (χ0) is 14.9. The van der Waals surface area contributed by atoms with E-state index in [1.54, 1.807) is 0 Å². The number of benzene rings is 1. The summed E-state index contributed by atoms with van der Waals surface area (Å²) in [6, 6.07) is 6.05. The third kappa shape index (κ3) is 2.99. The van der Waals surface area contributed by atoms with Crippen molar-refractivity contribution in [1.29, 1.82) is 0 Å². The van der Waals surface area contributed by atoms with Crippen LogP contribution in [0.4, 0.5) is 0 Å². The maximum atomic E-state index is 12.0. The Morgan fingerprint density at radius 2 is 1.95 bits per heavy atom. The van der Waals surface area contributed by atoms with E-state index in [9.17, 15) is 4.79 Å². The van der Waals surface area contributed by atoms with Crippen molar-refractivity contribution in [2.75, 3.05) is 19.8 Å². The Morgan fingerprint density at radius 1 is 1.24 bits per heavy atom. The maximum Gasteiger partial charge on any atom is 0.223 e. The first-order valence-corrected chi connectivity index (χ1v) is 7.74. The van der Waals surface area contributed by atoms with Crippen LogP contribution in [0.2, 0.25) is 0 Å². The smallest absolute Gasteiger partial charge is 0.223 e. The average Bonchev–Trinajstić information content (AvgIpc) is 2.43. The fourth-order valence-electron chi connectivity index (χ4n) is 2.69. The van der Waals surface area contributed by atoms with E-state index < -0.39 is 0 Å². The number of carbonyl (C=O) groups excluding carboxylic acids is 1. The van der Waals surface area contributed by atoms with Gasteiger partial charge in [0.2, 0.25) is 5.91 Å². The molecule has 0 unspecified atom stereocenters. The molecular weight excluding hydrogens is 266 g/mol. The standard InChI is InChI=1S/C17H23NO3/c1-17(2,11-18-16(19)12-4-3-5-12)13-6-7-14-15(10-13)21-9-8-20-14/h6-7,10,12H,3-5,8-9,11H2,1-2H3,(H,18,19). The van der Waals surface area contributed by atoms with Gasteiger partial charge in [-0.15, -0.1) is 0 Å². The topological polar surface area (TPSA) is 47.6 Å². The summed E-state index contributed by atoms with van der Waals surface area (Å²) in [5, 5.41) is 3.09. The summed E-state index contributed by atoms with van der Waals surface area (Å²) in [5.41, 5.74) is 1.02. The summed E-state index contributed by atoms with van der Waals surface area (Å²) in [4.78, 5) is 12.0. The Kier molecular flexibility index (Phi) is 3.79. The van der Waals surface area contributed by atoms with Crippen molar-refractivity contribution in [3.8, 4) is 11.5 Å². The van der Waals surface area contributed by atoms with Crippen molar-refractivity contribution in [3.05, 3.63) is 23.8 Å². The maximum absolute atomic E-state index is 12.0. The van der Waals surface area contributed by atoms with Crippen molar-refractivity contribution in [1.82, 2.24) is 5.32 Å². The second-order valence-corrected chi connectivity index (χ2v) is 6.59. The van der Waals surface area contributed by atoms with E-state index in [1.165, 1.54) is 6.42 Å². The molecule has 1 aliphatic heterocycles. The predicted molar refractivity (Wildman–Crippen MR) is 80.8 cm³/mol. The molecule has 114 valence electrons. The molecule has 1 aromatic rings. The van der Waals surface area contributed by atoms with Crippen LogP contribution in [0, 0.1) is 5.92 Å². The first-order valence-electron chi connectivity index (χ1n) is 7.74. The van der Waals surface area contributed by atoms with Gasteiger partial charge >= 0.3 is 0 Å². The van der Waals surface area contributed by atoms with Crippen LogP contribution in [-0.4, -0.2) is 25.7 Å². The van der Waals surface area contributed by atoms with Crippen molar-refractivity contribution < 1.29 is 14.3 Å². The average molecular weight is 289 g/mol. The van der Waals surface area contributed by atoms with Crippen molar-refractivity contribution >= 4 is 5.91 Å². The van der Waals surface area contributed by atoms with Crippen molar-refractivity contribution in [2.24, 2.45) is 5.92 Å². The summed E-state index contributed by atoms with van der Waals surface area (Å²) in [6.07, 6.45) is 3.26. The van der Waals surface area contributed by atoms with Gasteiger partial charge in [0.1, 0.15) is 13.2 Å². The number of rotatable bonds is 4. The first kappa shape index (κ1) is 14.2. The lowest BCUT2D eigenvalue weighted by molar-refractivity contribution is -0.127. The molecule has 0 radical (unpaired) electrons. The van der Waals surface area contributed by atoms with E-state index in [1.807, 2.05) is 12.1 Å². The molecule has 1 N–H and O–H groups in total. The molecule has 0 aromatic heterocycles. The molecule has 21 heavy (non-hydrogen) atoms. The van der Waals surface area contributed by atoms with Gasteiger partial charge in [-0.3, -0.25) is 4.79 Å². The molecule has 1 aliphatic carbocycles. The van der Waals surface area contributed by atoms with E-state index in [0.717, 1.165) is 29.9 Å². The van der Waals surface area contributed by atoms with Crippen LogP contribution >= 0.6 is 0 Å². The highest BCUT2D eigenvalue weighted by atomic mass is 16.6. The van der Waals surface area contributed by atoms with E-state index in [0.29, 0.717) is 19.8 Å². The largest absolute Gasteiger partial charge is 0.486 e. The quantitative estimate of drug-likeness (QED) is 0.927. The number of ether oxygens (including phenoxy) is 2. The molecule has 0 atom stereocenters. The van der Waals surface area contributed by atoms with Crippen LogP contribution in [-0.2, 0) is 10.2 Å². The summed E-state index contributed by atoms with van der Waals surface area (Å²) in [5.74, 6) is 2.05. The third-order valence-electron chi connectivity index (χ3n) is 4.50. The van der Waals surface area contributed by atoms with Gasteiger partial charge in [0.05, 0.1) is 0 Å². The van der Waals surface area contributed by atoms with E-state index in [-0.39, 0.29) is 17.2 Å². The molecule has 1 heterocycles. The van der Waals surface area contributed by atoms with Gasteiger partial charge in [-0.25, -0.2) is 0 Å². The van der Waals surface area contributed by atoms with Crippen LogP contribution < -0.4 is 14.8 Å². The normalized spacial score (nSPS) is 18.0. The number of fused-ring (bicyclic) bond motifs is 1. The molecule has 4 heteroatoms. The Hall–Kier alpha value is -1.71. The van der Waals surface area contributed by atoms with Crippen LogP contribution in [0.15, 0.2) is 18.2 Å². The molecular formula is C17H23NO3. The van der Waals surface area contributed by atoms with E-state index in [4.69, 9.17) is 9.47 Å². The van der Waals surface area contributed by atoms with Crippen LogP contribution in [0.1, 0.15) is 38.7 Å². The highest BCUT2D eigenvalue weighted by Gasteiger charge is 2.28. The fraction of sp³-hybridized carbons (Fsp3) is 0.588.